The third-order valence-corrected chi connectivity index (χ3v) is 7.56. The highest BCUT2D eigenvalue weighted by Crippen LogP contribution is 2.51. The first kappa shape index (κ1) is 20.8. The summed E-state index contributed by atoms with van der Waals surface area (Å²) < 4.78 is 0. The van der Waals surface area contributed by atoms with Crippen LogP contribution in [0.4, 0.5) is 0 Å². The molecule has 32 heavy (non-hydrogen) atoms. The van der Waals surface area contributed by atoms with Gasteiger partial charge in [0.25, 0.3) is 0 Å². The number of hydrogen-bond donors (Lipinski definition) is 0. The van der Waals surface area contributed by atoms with Gasteiger partial charge in [0, 0.05) is 0 Å². The summed E-state index contributed by atoms with van der Waals surface area (Å²) in [5, 5.41) is 0. The maximum absolute atomic E-state index is 2.36. The number of rotatable bonds is 0. The van der Waals surface area contributed by atoms with E-state index in [4.69, 9.17) is 0 Å². The van der Waals surface area contributed by atoms with E-state index in [2.05, 4.69) is 146 Å². The second kappa shape index (κ2) is 10.0. The van der Waals surface area contributed by atoms with E-state index in [-0.39, 0.29) is 0 Å². The summed E-state index contributed by atoms with van der Waals surface area (Å²) in [5.74, 6) is 5.43. The minimum Gasteiger partial charge on any atom is -0.0802 e. The van der Waals surface area contributed by atoms with Crippen molar-refractivity contribution >= 4 is 0 Å². The molecule has 160 valence electrons. The van der Waals surface area contributed by atoms with E-state index < -0.39 is 0 Å². The second-order valence-electron chi connectivity index (χ2n) is 9.24. The van der Waals surface area contributed by atoms with Crippen LogP contribution in [0, 0.1) is 47.3 Å². The Morgan fingerprint density at radius 2 is 0.281 bits per heavy atom. The van der Waals surface area contributed by atoms with Crippen molar-refractivity contribution in [3.8, 4) is 0 Å². The molecule has 2 saturated carbocycles. The first-order valence-electron chi connectivity index (χ1n) is 12.0. The van der Waals surface area contributed by atoms with Crippen LogP contribution in [0.15, 0.2) is 146 Å². The summed E-state index contributed by atoms with van der Waals surface area (Å²) in [6.45, 7) is 0. The van der Waals surface area contributed by atoms with Gasteiger partial charge in [0.15, 0.2) is 0 Å². The molecule has 0 radical (unpaired) electrons. The zero-order valence-electron chi connectivity index (χ0n) is 18.5. The van der Waals surface area contributed by atoms with Gasteiger partial charge in [-0.15, -0.1) is 0 Å². The summed E-state index contributed by atoms with van der Waals surface area (Å²) >= 11 is 0. The Morgan fingerprint density at radius 3 is 0.406 bits per heavy atom. The summed E-state index contributed by atoms with van der Waals surface area (Å²) in [7, 11) is 0. The van der Waals surface area contributed by atoms with Gasteiger partial charge >= 0.3 is 0 Å². The average Bonchev–Trinajstić information content (AvgIpc) is 2.73. The lowest BCUT2D eigenvalue weighted by Gasteiger charge is -2.48. The molecular formula is C32H32. The number of allylic oxidation sites excluding steroid dienone is 24. The lowest BCUT2D eigenvalue weighted by atomic mass is 9.56. The highest BCUT2D eigenvalue weighted by atomic mass is 14.5. The minimum absolute atomic E-state index is 0.679. The smallest absolute Gasteiger partial charge is 0.00925 e. The highest BCUT2D eigenvalue weighted by molar-refractivity contribution is 5.31. The number of hydrogen-bond acceptors (Lipinski definition) is 0. The molecule has 6 rings (SSSR count). The van der Waals surface area contributed by atoms with Gasteiger partial charge in [0.05, 0.1) is 0 Å². The minimum atomic E-state index is 0.679. The van der Waals surface area contributed by atoms with E-state index in [1.54, 1.807) is 0 Å². The standard InChI is InChI=1S/2C16H16/c2*1-2-6-10-14-13(9-5-1)15-11-7-3-4-8-12-16(14)15/h2*1-16H/b2*2-1-,4-3?,9-5-,10-6-,11-7-,12-8?. The van der Waals surface area contributed by atoms with Gasteiger partial charge in [0.2, 0.25) is 0 Å². The maximum Gasteiger partial charge on any atom is -0.00925 e. The van der Waals surface area contributed by atoms with Crippen LogP contribution in [-0.2, 0) is 0 Å². The molecule has 0 aliphatic heterocycles. The first-order chi connectivity index (χ1) is 15.9. The highest BCUT2D eigenvalue weighted by Gasteiger charge is 2.45. The van der Waals surface area contributed by atoms with Crippen LogP contribution in [0.5, 0.6) is 0 Å². The van der Waals surface area contributed by atoms with Gasteiger partial charge < -0.3 is 0 Å². The molecule has 6 aliphatic rings. The largest absolute Gasteiger partial charge is 0.0802 e. The van der Waals surface area contributed by atoms with E-state index in [0.717, 1.165) is 0 Å². The molecule has 2 fully saturated rings. The van der Waals surface area contributed by atoms with Crippen molar-refractivity contribution in [2.75, 3.05) is 0 Å². The topological polar surface area (TPSA) is 0 Å². The molecule has 0 heterocycles. The zero-order chi connectivity index (χ0) is 21.6. The number of fused-ring (bicyclic) bond motifs is 8. The molecule has 8 atom stereocenters. The van der Waals surface area contributed by atoms with E-state index in [9.17, 15) is 0 Å². The second-order valence-corrected chi connectivity index (χ2v) is 9.24. The molecule has 0 aromatic carbocycles. The van der Waals surface area contributed by atoms with Gasteiger partial charge in [0.1, 0.15) is 0 Å². The molecule has 0 aromatic heterocycles. The van der Waals surface area contributed by atoms with E-state index in [1.165, 1.54) is 0 Å². The van der Waals surface area contributed by atoms with E-state index >= 15 is 0 Å². The van der Waals surface area contributed by atoms with Crippen molar-refractivity contribution in [1.82, 2.24) is 0 Å². The van der Waals surface area contributed by atoms with Crippen LogP contribution in [0.25, 0.3) is 0 Å². The molecule has 0 N–H and O–H groups in total. The van der Waals surface area contributed by atoms with Crippen LogP contribution in [0.3, 0.4) is 0 Å². The predicted molar refractivity (Wildman–Crippen MR) is 138 cm³/mol. The normalized spacial score (nSPS) is 47.0. The fourth-order valence-corrected chi connectivity index (χ4v) is 5.87. The van der Waals surface area contributed by atoms with Gasteiger partial charge in [-0.1, -0.05) is 146 Å². The third-order valence-electron chi connectivity index (χ3n) is 7.56. The summed E-state index contributed by atoms with van der Waals surface area (Å²) in [5.41, 5.74) is 0. The summed E-state index contributed by atoms with van der Waals surface area (Å²) in [6, 6.07) is 0. The predicted octanol–water partition coefficient (Wildman–Crippen LogP) is 7.66. The molecule has 0 nitrogen and oxygen atoms in total. The van der Waals surface area contributed by atoms with Crippen LogP contribution in [0.2, 0.25) is 0 Å². The van der Waals surface area contributed by atoms with Crippen molar-refractivity contribution < 1.29 is 0 Å². The fraction of sp³-hybridized carbons (Fsp3) is 0.250. The van der Waals surface area contributed by atoms with Gasteiger partial charge in [-0.05, 0) is 47.3 Å². The van der Waals surface area contributed by atoms with Gasteiger partial charge in [-0.25, -0.2) is 0 Å². The molecule has 0 saturated heterocycles. The Hall–Kier alpha value is -3.12. The Kier molecular flexibility index (Phi) is 6.49. The average molecular weight is 417 g/mol. The van der Waals surface area contributed by atoms with Crippen molar-refractivity contribution in [2.24, 2.45) is 47.3 Å². The Bertz CT molecular complexity index is 762. The molecule has 0 heteroatoms. The van der Waals surface area contributed by atoms with E-state index in [1.807, 2.05) is 0 Å². The lowest BCUT2D eigenvalue weighted by Crippen LogP contribution is -2.43. The van der Waals surface area contributed by atoms with Crippen molar-refractivity contribution in [3.05, 3.63) is 146 Å². The molecule has 8 unspecified atom stereocenters. The van der Waals surface area contributed by atoms with Crippen LogP contribution in [0.1, 0.15) is 0 Å². The maximum atomic E-state index is 2.36. The Labute approximate surface area is 193 Å². The molecule has 0 bridgehead atoms. The quantitative estimate of drug-likeness (QED) is 0.380. The van der Waals surface area contributed by atoms with Gasteiger partial charge in [-0.2, -0.15) is 0 Å². The summed E-state index contributed by atoms with van der Waals surface area (Å²) in [4.78, 5) is 0. The zero-order valence-corrected chi connectivity index (χ0v) is 18.5. The van der Waals surface area contributed by atoms with Crippen LogP contribution in [-0.4, -0.2) is 0 Å². The Morgan fingerprint density at radius 1 is 0.156 bits per heavy atom. The van der Waals surface area contributed by atoms with Crippen molar-refractivity contribution in [2.45, 2.75) is 0 Å². The summed E-state index contributed by atoms with van der Waals surface area (Å²) in [6.07, 6.45) is 53.2. The molecular weight excluding hydrogens is 384 g/mol. The molecule has 0 spiro atoms. The van der Waals surface area contributed by atoms with Gasteiger partial charge in [-0.3, -0.25) is 0 Å². The van der Waals surface area contributed by atoms with Crippen LogP contribution < -0.4 is 0 Å². The molecule has 0 amide bonds. The van der Waals surface area contributed by atoms with Crippen molar-refractivity contribution in [3.63, 3.8) is 0 Å². The Balaban J connectivity index is 0.000000135. The van der Waals surface area contributed by atoms with Crippen molar-refractivity contribution in [1.29, 1.82) is 0 Å². The fourth-order valence-electron chi connectivity index (χ4n) is 5.87. The third kappa shape index (κ3) is 4.28. The first-order valence-corrected chi connectivity index (χ1v) is 12.0. The van der Waals surface area contributed by atoms with Crippen LogP contribution >= 0.6 is 0 Å². The van der Waals surface area contributed by atoms with E-state index in [0.29, 0.717) is 47.3 Å². The molecule has 0 aromatic rings. The SMILES string of the molecule is C1=C/C=C\C2C(C=C1)C1\C=C/C=C\C=C/C21.C1=C/C=C\C2C(C=C1)C1\C=C/C=C\C=C/C21. The monoisotopic (exact) mass is 416 g/mol. The molecule has 6 aliphatic carbocycles. The lowest BCUT2D eigenvalue weighted by molar-refractivity contribution is 0.124.